The van der Waals surface area contributed by atoms with Gasteiger partial charge in [-0.25, -0.2) is 17.2 Å². The van der Waals surface area contributed by atoms with Crippen molar-refractivity contribution in [2.24, 2.45) is 0 Å². The van der Waals surface area contributed by atoms with Crippen LogP contribution in [0.5, 0.6) is 0 Å². The van der Waals surface area contributed by atoms with Crippen molar-refractivity contribution < 1.29 is 27.1 Å². The van der Waals surface area contributed by atoms with Crippen LogP contribution in [0.2, 0.25) is 0 Å². The summed E-state index contributed by atoms with van der Waals surface area (Å²) in [5.74, 6) is -3.70. The Morgan fingerprint density at radius 1 is 1.25 bits per heavy atom. The minimum absolute atomic E-state index is 0.104. The molecule has 1 aliphatic carbocycles. The van der Waals surface area contributed by atoms with Crippen LogP contribution in [0, 0.1) is 11.6 Å². The number of rotatable bonds is 8. The van der Waals surface area contributed by atoms with Crippen molar-refractivity contribution in [3.63, 3.8) is 0 Å². The van der Waals surface area contributed by atoms with Crippen LogP contribution in [0.1, 0.15) is 31.2 Å². The molecule has 0 aromatic heterocycles. The maximum atomic E-state index is 13.9. The topological polar surface area (TPSA) is 74.7 Å². The largest absolute Gasteiger partial charge is 0.480 e. The van der Waals surface area contributed by atoms with Crippen molar-refractivity contribution in [3.8, 4) is 0 Å². The van der Waals surface area contributed by atoms with Gasteiger partial charge in [0.25, 0.3) is 0 Å². The second-order valence-electron chi connectivity index (χ2n) is 6.13. The number of benzene rings is 1. The zero-order valence-electron chi connectivity index (χ0n) is 13.2. The van der Waals surface area contributed by atoms with Gasteiger partial charge in [-0.15, -0.1) is 0 Å². The van der Waals surface area contributed by atoms with Crippen molar-refractivity contribution in [2.45, 2.75) is 38.3 Å². The Hall–Kier alpha value is -1.54. The maximum Gasteiger partial charge on any atom is 0.318 e. The highest BCUT2D eigenvalue weighted by Gasteiger charge is 2.26. The molecule has 0 amide bonds. The molecule has 1 N–H and O–H groups in total. The van der Waals surface area contributed by atoms with Gasteiger partial charge < -0.3 is 5.11 Å². The first-order chi connectivity index (χ1) is 11.3. The lowest BCUT2D eigenvalue weighted by Crippen LogP contribution is -2.37. The third-order valence-corrected chi connectivity index (χ3v) is 5.75. The molecule has 2 rings (SSSR count). The summed E-state index contributed by atoms with van der Waals surface area (Å²) >= 11 is 0. The Morgan fingerprint density at radius 3 is 2.54 bits per heavy atom. The number of carboxylic acid groups (broad SMARTS) is 1. The highest BCUT2D eigenvalue weighted by molar-refractivity contribution is 7.92. The molecule has 0 unspecified atom stereocenters. The zero-order valence-corrected chi connectivity index (χ0v) is 14.1. The fourth-order valence-electron chi connectivity index (χ4n) is 3.06. The van der Waals surface area contributed by atoms with Gasteiger partial charge >= 0.3 is 5.97 Å². The summed E-state index contributed by atoms with van der Waals surface area (Å²) in [6, 6.07) is 3.31. The highest BCUT2D eigenvalue weighted by atomic mass is 32.2. The third-order valence-electron chi connectivity index (χ3n) is 4.26. The van der Waals surface area contributed by atoms with E-state index in [-0.39, 0.29) is 30.4 Å². The Kier molecular flexibility index (Phi) is 6.28. The Labute approximate surface area is 140 Å². The number of carboxylic acids is 1. The van der Waals surface area contributed by atoms with E-state index in [1.54, 1.807) is 0 Å². The number of halogens is 2. The molecule has 1 aromatic carbocycles. The molecule has 5 nitrogen and oxygen atoms in total. The molecule has 0 atom stereocenters. The minimum atomic E-state index is -3.73. The van der Waals surface area contributed by atoms with E-state index in [1.807, 2.05) is 4.90 Å². The molecule has 1 fully saturated rings. The maximum absolute atomic E-state index is 13.9. The van der Waals surface area contributed by atoms with E-state index in [1.165, 1.54) is 0 Å². The normalized spacial score (nSPS) is 16.0. The predicted molar refractivity (Wildman–Crippen MR) is 85.3 cm³/mol. The highest BCUT2D eigenvalue weighted by Crippen LogP contribution is 2.25. The van der Waals surface area contributed by atoms with Crippen LogP contribution in [0.3, 0.4) is 0 Å². The summed E-state index contributed by atoms with van der Waals surface area (Å²) in [6.07, 6.45) is 3.76. The monoisotopic (exact) mass is 361 g/mol. The zero-order chi connectivity index (χ0) is 17.7. The van der Waals surface area contributed by atoms with Gasteiger partial charge in [-0.3, -0.25) is 9.69 Å². The van der Waals surface area contributed by atoms with E-state index in [2.05, 4.69) is 0 Å². The molecule has 1 saturated carbocycles. The van der Waals surface area contributed by atoms with Crippen molar-refractivity contribution in [1.82, 2.24) is 4.90 Å². The second kappa shape index (κ2) is 8.02. The molecule has 0 spiro atoms. The Morgan fingerprint density at radius 2 is 1.92 bits per heavy atom. The van der Waals surface area contributed by atoms with Crippen LogP contribution in [0.15, 0.2) is 18.2 Å². The van der Waals surface area contributed by atoms with Gasteiger partial charge in [-0.2, -0.15) is 0 Å². The number of hydrogen-bond donors (Lipinski definition) is 1. The fourth-order valence-corrected chi connectivity index (χ4v) is 4.09. The first-order valence-corrected chi connectivity index (χ1v) is 9.69. The first kappa shape index (κ1) is 18.8. The average molecular weight is 361 g/mol. The van der Waals surface area contributed by atoms with Crippen LogP contribution >= 0.6 is 0 Å². The quantitative estimate of drug-likeness (QED) is 0.768. The van der Waals surface area contributed by atoms with Crippen molar-refractivity contribution in [3.05, 3.63) is 35.4 Å². The SMILES string of the molecule is O=C(O)CS(=O)(=O)CCN(Cc1cc(F)ccc1F)C1CCCC1. The van der Waals surface area contributed by atoms with E-state index in [0.29, 0.717) is 0 Å². The van der Waals surface area contributed by atoms with Crippen molar-refractivity contribution >= 4 is 15.8 Å². The Bertz CT molecular complexity index is 687. The molecule has 0 saturated heterocycles. The van der Waals surface area contributed by atoms with Gasteiger partial charge in [0.2, 0.25) is 0 Å². The smallest absolute Gasteiger partial charge is 0.318 e. The fraction of sp³-hybridized carbons (Fsp3) is 0.562. The van der Waals surface area contributed by atoms with Gasteiger partial charge in [-0.05, 0) is 31.0 Å². The first-order valence-electron chi connectivity index (χ1n) is 7.87. The van der Waals surface area contributed by atoms with Gasteiger partial charge in [0.1, 0.15) is 17.4 Å². The van der Waals surface area contributed by atoms with Crippen LogP contribution in [-0.2, 0) is 21.2 Å². The van der Waals surface area contributed by atoms with Gasteiger partial charge in [0, 0.05) is 24.7 Å². The standard InChI is InChI=1S/C16H21F2NO4S/c17-13-5-6-15(18)12(9-13)10-19(14-3-1-2-4-14)7-8-24(22,23)11-16(20)21/h5-6,9,14H,1-4,7-8,10-11H2,(H,20,21). The van der Waals surface area contributed by atoms with Crippen LogP contribution in [0.4, 0.5) is 8.78 Å². The number of nitrogens with zero attached hydrogens (tertiary/aromatic N) is 1. The number of sulfone groups is 1. The van der Waals surface area contributed by atoms with Crippen LogP contribution < -0.4 is 0 Å². The molecule has 0 bridgehead atoms. The van der Waals surface area contributed by atoms with E-state index >= 15 is 0 Å². The molecular weight excluding hydrogens is 340 g/mol. The Balaban J connectivity index is 2.10. The molecule has 0 heterocycles. The molecule has 8 heteroatoms. The lowest BCUT2D eigenvalue weighted by Gasteiger charge is -2.29. The lowest BCUT2D eigenvalue weighted by molar-refractivity contribution is -0.134. The van der Waals surface area contributed by atoms with Gasteiger partial charge in [0.15, 0.2) is 9.84 Å². The van der Waals surface area contributed by atoms with Crippen LogP contribution in [-0.4, -0.2) is 48.5 Å². The van der Waals surface area contributed by atoms with E-state index in [0.717, 1.165) is 43.9 Å². The summed E-state index contributed by atoms with van der Waals surface area (Å²) in [5.41, 5.74) is 0.178. The molecule has 1 aromatic rings. The summed E-state index contributed by atoms with van der Waals surface area (Å²) in [5, 5.41) is 8.64. The van der Waals surface area contributed by atoms with E-state index in [4.69, 9.17) is 5.11 Å². The third kappa shape index (κ3) is 5.52. The summed E-state index contributed by atoms with van der Waals surface area (Å²) in [4.78, 5) is 12.4. The predicted octanol–water partition coefficient (Wildman–Crippen LogP) is 2.21. The number of hydrogen-bond acceptors (Lipinski definition) is 4. The number of carbonyl (C=O) groups is 1. The minimum Gasteiger partial charge on any atom is -0.480 e. The summed E-state index contributed by atoms with van der Waals surface area (Å²) in [7, 11) is -3.73. The molecular formula is C16H21F2NO4S. The van der Waals surface area contributed by atoms with Crippen molar-refractivity contribution in [1.29, 1.82) is 0 Å². The number of aliphatic carboxylic acids is 1. The average Bonchev–Trinajstić information content (AvgIpc) is 2.99. The molecule has 0 aliphatic heterocycles. The summed E-state index contributed by atoms with van der Waals surface area (Å²) in [6.45, 7) is 0.215. The molecule has 134 valence electrons. The molecule has 0 radical (unpaired) electrons. The van der Waals surface area contributed by atoms with Crippen LogP contribution in [0.25, 0.3) is 0 Å². The van der Waals surface area contributed by atoms with Crippen molar-refractivity contribution in [2.75, 3.05) is 18.1 Å². The van der Waals surface area contributed by atoms with E-state index in [9.17, 15) is 22.0 Å². The second-order valence-corrected chi connectivity index (χ2v) is 8.31. The molecule has 24 heavy (non-hydrogen) atoms. The van der Waals surface area contributed by atoms with Gasteiger partial charge in [0.05, 0.1) is 5.75 Å². The van der Waals surface area contributed by atoms with Gasteiger partial charge in [-0.1, -0.05) is 12.8 Å². The van der Waals surface area contributed by atoms with E-state index < -0.39 is 33.2 Å². The lowest BCUT2D eigenvalue weighted by atomic mass is 10.1. The molecule has 1 aliphatic rings. The summed E-state index contributed by atoms with van der Waals surface area (Å²) < 4.78 is 50.8.